The number of ketones is 1. The van der Waals surface area contributed by atoms with Gasteiger partial charge in [0.05, 0.1) is 11.9 Å². The lowest BCUT2D eigenvalue weighted by atomic mass is 9.44. The number of hydrogen-bond donors (Lipinski definition) is 2. The zero-order chi connectivity index (χ0) is 17.3. The Labute approximate surface area is 145 Å². The summed E-state index contributed by atoms with van der Waals surface area (Å²) in [5.41, 5.74) is 0.304. The Kier molecular flexibility index (Phi) is 3.53. The van der Waals surface area contributed by atoms with Gasteiger partial charge in [-0.25, -0.2) is 0 Å². The van der Waals surface area contributed by atoms with Crippen molar-refractivity contribution in [3.05, 3.63) is 11.8 Å². The number of carbonyl (C=O) groups is 1. The topological polar surface area (TPSA) is 57.5 Å². The fraction of sp³-hybridized carbons (Fsp3) is 0.857. The van der Waals surface area contributed by atoms with Crippen LogP contribution in [0.25, 0.3) is 0 Å². The molecular weight excluding hydrogens is 300 g/mol. The zero-order valence-electron chi connectivity index (χ0n) is 15.3. The third-order valence-corrected chi connectivity index (χ3v) is 9.14. The third kappa shape index (κ3) is 1.97. The Hall–Kier alpha value is -0.830. The normalized spacial score (nSPS) is 55.8. The molecule has 3 nitrogen and oxygen atoms in total. The minimum absolute atomic E-state index is 0.0531. The largest absolute Gasteiger partial charge is 0.515 e. The van der Waals surface area contributed by atoms with Crippen LogP contribution in [0.4, 0.5) is 0 Å². The van der Waals surface area contributed by atoms with Crippen LogP contribution in [0.2, 0.25) is 0 Å². The van der Waals surface area contributed by atoms with E-state index in [-0.39, 0.29) is 16.6 Å². The van der Waals surface area contributed by atoms with Gasteiger partial charge in [0.1, 0.15) is 0 Å². The van der Waals surface area contributed by atoms with Gasteiger partial charge in [0.25, 0.3) is 0 Å². The van der Waals surface area contributed by atoms with E-state index in [0.717, 1.165) is 44.8 Å². The summed E-state index contributed by atoms with van der Waals surface area (Å²) in [6.45, 7) is 6.74. The lowest BCUT2D eigenvalue weighted by Crippen LogP contribution is -2.56. The Bertz CT molecular complexity index is 592. The molecule has 4 aliphatic rings. The van der Waals surface area contributed by atoms with Crippen LogP contribution >= 0.6 is 0 Å². The fourth-order valence-corrected chi connectivity index (χ4v) is 7.37. The Balaban J connectivity index is 1.67. The molecule has 0 aromatic rings. The summed E-state index contributed by atoms with van der Waals surface area (Å²) in [6.07, 6.45) is 9.11. The Morgan fingerprint density at radius 2 is 1.75 bits per heavy atom. The van der Waals surface area contributed by atoms with Crippen molar-refractivity contribution in [1.82, 2.24) is 0 Å². The maximum Gasteiger partial charge on any atom is 0.162 e. The SMILES string of the molecule is C[C@]12C/C(=C\O)C(=O)CC1CCC1C2CC[C@@]2(C)C1CC[C@]2(C)O. The van der Waals surface area contributed by atoms with E-state index in [9.17, 15) is 15.0 Å². The number of fused-ring (bicyclic) bond motifs is 5. The fourth-order valence-electron chi connectivity index (χ4n) is 7.37. The molecular formula is C21H32O3. The molecule has 4 fully saturated rings. The van der Waals surface area contributed by atoms with Crippen molar-refractivity contribution in [3.8, 4) is 0 Å². The molecule has 24 heavy (non-hydrogen) atoms. The number of aliphatic hydroxyl groups is 2. The van der Waals surface area contributed by atoms with Gasteiger partial charge < -0.3 is 10.2 Å². The monoisotopic (exact) mass is 332 g/mol. The van der Waals surface area contributed by atoms with Gasteiger partial charge in [-0.3, -0.25) is 4.79 Å². The number of hydrogen-bond acceptors (Lipinski definition) is 3. The molecule has 0 bridgehead atoms. The van der Waals surface area contributed by atoms with Crippen molar-refractivity contribution < 1.29 is 15.0 Å². The van der Waals surface area contributed by atoms with Crippen LogP contribution < -0.4 is 0 Å². The average molecular weight is 332 g/mol. The highest BCUT2D eigenvalue weighted by molar-refractivity contribution is 5.96. The summed E-state index contributed by atoms with van der Waals surface area (Å²) in [4.78, 5) is 12.2. The molecule has 0 amide bonds. The highest BCUT2D eigenvalue weighted by atomic mass is 16.3. The number of Topliss-reactive ketones (excluding diaryl/α,β-unsaturated/α-hetero) is 1. The van der Waals surface area contributed by atoms with Crippen LogP contribution in [0, 0.1) is 34.5 Å². The van der Waals surface area contributed by atoms with Gasteiger partial charge >= 0.3 is 0 Å². The predicted octanol–water partition coefficient (Wildman–Crippen LogP) is 4.40. The van der Waals surface area contributed by atoms with Crippen LogP contribution in [0.5, 0.6) is 0 Å². The van der Waals surface area contributed by atoms with Crippen molar-refractivity contribution in [2.24, 2.45) is 34.5 Å². The van der Waals surface area contributed by atoms with Gasteiger partial charge in [-0.2, -0.15) is 0 Å². The second-order valence-corrected chi connectivity index (χ2v) is 9.88. The van der Waals surface area contributed by atoms with E-state index < -0.39 is 5.60 Å². The van der Waals surface area contributed by atoms with Crippen LogP contribution in [-0.2, 0) is 4.79 Å². The first-order valence-corrected chi connectivity index (χ1v) is 9.82. The quantitative estimate of drug-likeness (QED) is 0.510. The van der Waals surface area contributed by atoms with Gasteiger partial charge in [0.2, 0.25) is 0 Å². The zero-order valence-corrected chi connectivity index (χ0v) is 15.3. The van der Waals surface area contributed by atoms with Crippen LogP contribution in [0.1, 0.15) is 72.1 Å². The van der Waals surface area contributed by atoms with Gasteiger partial charge in [-0.15, -0.1) is 0 Å². The van der Waals surface area contributed by atoms with E-state index in [1.807, 2.05) is 6.92 Å². The van der Waals surface area contributed by atoms with Gasteiger partial charge in [0.15, 0.2) is 5.78 Å². The molecule has 0 aromatic heterocycles. The van der Waals surface area contributed by atoms with E-state index in [1.165, 1.54) is 6.42 Å². The standard InChI is InChI=1S/C21H32O3/c1-19-11-13(12-22)18(23)10-14(19)4-5-15-16(19)6-8-20(2)17(15)7-9-21(20,3)24/h12,14-17,22,24H,4-11H2,1-3H3/b13-12+/t14?,15?,16?,17?,19-,20-,21-/m0/s1. The minimum atomic E-state index is -0.529. The van der Waals surface area contributed by atoms with E-state index in [4.69, 9.17) is 0 Å². The van der Waals surface area contributed by atoms with Gasteiger partial charge in [-0.05, 0) is 86.4 Å². The Morgan fingerprint density at radius 3 is 2.46 bits per heavy atom. The summed E-state index contributed by atoms with van der Waals surface area (Å²) in [7, 11) is 0. The van der Waals surface area contributed by atoms with Gasteiger partial charge in [-0.1, -0.05) is 13.8 Å². The second-order valence-electron chi connectivity index (χ2n) is 9.88. The van der Waals surface area contributed by atoms with Crippen LogP contribution in [0.3, 0.4) is 0 Å². The lowest BCUT2D eigenvalue weighted by Gasteiger charge is -2.61. The molecule has 0 saturated heterocycles. The summed E-state index contributed by atoms with van der Waals surface area (Å²) >= 11 is 0. The average Bonchev–Trinajstić information content (AvgIpc) is 2.77. The molecule has 4 aliphatic carbocycles. The molecule has 2 N–H and O–H groups in total. The smallest absolute Gasteiger partial charge is 0.162 e. The van der Waals surface area contributed by atoms with Crippen LogP contribution in [-0.4, -0.2) is 21.6 Å². The van der Waals surface area contributed by atoms with E-state index >= 15 is 0 Å². The summed E-state index contributed by atoms with van der Waals surface area (Å²) in [5.74, 6) is 2.55. The molecule has 4 unspecified atom stereocenters. The number of aliphatic hydroxyl groups excluding tert-OH is 1. The molecule has 0 aliphatic heterocycles. The molecule has 134 valence electrons. The molecule has 0 heterocycles. The molecule has 3 heteroatoms. The molecule has 4 rings (SSSR count). The van der Waals surface area contributed by atoms with Crippen molar-refractivity contribution in [2.75, 3.05) is 0 Å². The van der Waals surface area contributed by atoms with E-state index in [1.54, 1.807) is 0 Å². The van der Waals surface area contributed by atoms with Crippen molar-refractivity contribution >= 4 is 5.78 Å². The van der Waals surface area contributed by atoms with Crippen molar-refractivity contribution in [2.45, 2.75) is 77.7 Å². The highest BCUT2D eigenvalue weighted by Gasteiger charge is 2.63. The van der Waals surface area contributed by atoms with E-state index in [2.05, 4.69) is 13.8 Å². The summed E-state index contributed by atoms with van der Waals surface area (Å²) < 4.78 is 0. The maximum atomic E-state index is 12.2. The first-order valence-electron chi connectivity index (χ1n) is 9.82. The van der Waals surface area contributed by atoms with Crippen molar-refractivity contribution in [1.29, 1.82) is 0 Å². The lowest BCUT2D eigenvalue weighted by molar-refractivity contribution is -0.147. The first kappa shape index (κ1) is 16.6. The summed E-state index contributed by atoms with van der Waals surface area (Å²) in [6, 6.07) is 0. The highest BCUT2D eigenvalue weighted by Crippen LogP contribution is 2.68. The van der Waals surface area contributed by atoms with Crippen LogP contribution in [0.15, 0.2) is 11.8 Å². The predicted molar refractivity (Wildman–Crippen MR) is 93.5 cm³/mol. The third-order valence-electron chi connectivity index (χ3n) is 9.14. The maximum absolute atomic E-state index is 12.2. The number of rotatable bonds is 0. The molecule has 7 atom stereocenters. The second kappa shape index (κ2) is 5.09. The molecule has 4 saturated carbocycles. The number of carbonyl (C=O) groups excluding carboxylic acids is 1. The summed E-state index contributed by atoms with van der Waals surface area (Å²) in [5, 5.41) is 20.5. The molecule has 0 aromatic carbocycles. The Morgan fingerprint density at radius 1 is 1.04 bits per heavy atom. The number of allylic oxidation sites excluding steroid dienone is 1. The first-order chi connectivity index (χ1) is 11.2. The molecule has 0 radical (unpaired) electrons. The van der Waals surface area contributed by atoms with E-state index in [0.29, 0.717) is 35.7 Å². The van der Waals surface area contributed by atoms with Crippen molar-refractivity contribution in [3.63, 3.8) is 0 Å². The minimum Gasteiger partial charge on any atom is -0.515 e. The van der Waals surface area contributed by atoms with Gasteiger partial charge in [0, 0.05) is 12.0 Å². The molecule has 0 spiro atoms.